The van der Waals surface area contributed by atoms with Crippen LogP contribution < -0.4 is 21.9 Å². The third-order valence-corrected chi connectivity index (χ3v) is 7.50. The Morgan fingerprint density at radius 1 is 1.32 bits per heavy atom. The number of rotatable bonds is 2. The summed E-state index contributed by atoms with van der Waals surface area (Å²) in [5, 5.41) is 0.278. The zero-order chi connectivity index (χ0) is 21.9. The van der Waals surface area contributed by atoms with Crippen molar-refractivity contribution >= 4 is 29.1 Å². The molecular formula is C21H25ClFN7O. The molecule has 8 nitrogen and oxygen atoms in total. The van der Waals surface area contributed by atoms with Crippen LogP contribution in [0.2, 0.25) is 5.02 Å². The van der Waals surface area contributed by atoms with Crippen LogP contribution in [0.3, 0.4) is 0 Å². The molecule has 5 rings (SSSR count). The number of nitrogen functional groups attached to an aromatic ring is 1. The fourth-order valence-electron chi connectivity index (χ4n) is 5.29. The second kappa shape index (κ2) is 7.27. The number of hydrogen-bond acceptors (Lipinski definition) is 7. The van der Waals surface area contributed by atoms with Gasteiger partial charge in [-0.2, -0.15) is 0 Å². The summed E-state index contributed by atoms with van der Waals surface area (Å²) >= 11 is 6.32. The van der Waals surface area contributed by atoms with E-state index >= 15 is 0 Å². The SMILES string of the molecule is Cn1c(N2CCC3(CC2)C[C@H](F)C[C@H]3N)nc2c(c1=O)C(c1ccnc(N)c1Cl)=NC2. The van der Waals surface area contributed by atoms with Crippen LogP contribution in [0.4, 0.5) is 16.2 Å². The summed E-state index contributed by atoms with van der Waals surface area (Å²) in [6, 6.07) is 1.60. The van der Waals surface area contributed by atoms with Crippen molar-refractivity contribution in [3.05, 3.63) is 44.5 Å². The van der Waals surface area contributed by atoms with Crippen molar-refractivity contribution in [2.24, 2.45) is 23.2 Å². The molecule has 1 saturated carbocycles. The molecule has 0 bridgehead atoms. The predicted molar refractivity (Wildman–Crippen MR) is 118 cm³/mol. The molecule has 0 unspecified atom stereocenters. The van der Waals surface area contributed by atoms with E-state index < -0.39 is 6.17 Å². The lowest BCUT2D eigenvalue weighted by Gasteiger charge is -2.42. The van der Waals surface area contributed by atoms with Crippen LogP contribution in [-0.2, 0) is 13.6 Å². The molecule has 1 saturated heterocycles. The van der Waals surface area contributed by atoms with E-state index in [-0.39, 0.29) is 27.9 Å². The largest absolute Gasteiger partial charge is 0.382 e. The number of pyridine rings is 1. The maximum Gasteiger partial charge on any atom is 0.264 e. The van der Waals surface area contributed by atoms with Gasteiger partial charge in [-0.1, -0.05) is 11.6 Å². The van der Waals surface area contributed by atoms with Crippen LogP contribution in [0.5, 0.6) is 0 Å². The first-order chi connectivity index (χ1) is 14.8. The van der Waals surface area contributed by atoms with E-state index in [4.69, 9.17) is 28.1 Å². The van der Waals surface area contributed by atoms with Gasteiger partial charge in [0.1, 0.15) is 12.0 Å². The number of hydrogen-bond donors (Lipinski definition) is 2. The average Bonchev–Trinajstić information content (AvgIpc) is 3.28. The molecule has 1 aliphatic carbocycles. The zero-order valence-electron chi connectivity index (χ0n) is 17.3. The first-order valence-electron chi connectivity index (χ1n) is 10.5. The second-order valence-corrected chi connectivity index (χ2v) is 9.19. The van der Waals surface area contributed by atoms with Gasteiger partial charge < -0.3 is 16.4 Å². The molecule has 2 aliphatic heterocycles. The molecule has 164 valence electrons. The third kappa shape index (κ3) is 3.13. The standard InChI is InChI=1S/C21H25ClFN7O/c1-29-19(31)15-13(10-27-17(15)12-2-5-26-18(25)16(12)22)28-20(29)30-6-3-21(4-7-30)9-11(23)8-14(21)24/h2,5,11,14H,3-4,6-10,24H2,1H3,(H2,25,26)/t11-,14-/m1/s1. The average molecular weight is 446 g/mol. The van der Waals surface area contributed by atoms with E-state index in [0.29, 0.717) is 61.0 Å². The van der Waals surface area contributed by atoms with E-state index in [1.54, 1.807) is 23.9 Å². The summed E-state index contributed by atoms with van der Waals surface area (Å²) in [5.74, 6) is 0.804. The second-order valence-electron chi connectivity index (χ2n) is 8.81. The molecule has 0 radical (unpaired) electrons. The number of nitrogens with two attached hydrogens (primary N) is 2. The number of halogens is 2. The minimum Gasteiger partial charge on any atom is -0.382 e. The summed E-state index contributed by atoms with van der Waals surface area (Å²) in [4.78, 5) is 28.7. The number of piperidine rings is 1. The maximum atomic E-state index is 13.9. The minimum absolute atomic E-state index is 0.102. The normalized spacial score (nSPS) is 24.5. The molecule has 10 heteroatoms. The Balaban J connectivity index is 1.45. The van der Waals surface area contributed by atoms with Crippen molar-refractivity contribution in [1.82, 2.24) is 14.5 Å². The van der Waals surface area contributed by atoms with Crippen LogP contribution in [0.15, 0.2) is 22.1 Å². The monoisotopic (exact) mass is 445 g/mol. The molecule has 31 heavy (non-hydrogen) atoms. The molecule has 2 aromatic heterocycles. The quantitative estimate of drug-likeness (QED) is 0.728. The lowest BCUT2D eigenvalue weighted by Crippen LogP contribution is -2.48. The molecule has 4 heterocycles. The highest BCUT2D eigenvalue weighted by atomic mass is 35.5. The highest BCUT2D eigenvalue weighted by Crippen LogP contribution is 2.47. The van der Waals surface area contributed by atoms with Gasteiger partial charge in [-0.25, -0.2) is 14.4 Å². The van der Waals surface area contributed by atoms with Crippen LogP contribution in [-0.4, -0.2) is 45.5 Å². The van der Waals surface area contributed by atoms with Crippen molar-refractivity contribution < 1.29 is 4.39 Å². The summed E-state index contributed by atoms with van der Waals surface area (Å²) in [5.41, 5.74) is 13.9. The van der Waals surface area contributed by atoms with Crippen LogP contribution >= 0.6 is 11.6 Å². The molecule has 4 N–H and O–H groups in total. The zero-order valence-corrected chi connectivity index (χ0v) is 18.1. The molecule has 1 spiro atoms. The lowest BCUT2D eigenvalue weighted by molar-refractivity contribution is 0.183. The third-order valence-electron chi connectivity index (χ3n) is 7.10. The van der Waals surface area contributed by atoms with E-state index in [0.717, 1.165) is 12.8 Å². The van der Waals surface area contributed by atoms with Gasteiger partial charge in [0.2, 0.25) is 5.95 Å². The smallest absolute Gasteiger partial charge is 0.264 e. The first-order valence-corrected chi connectivity index (χ1v) is 10.9. The van der Waals surface area contributed by atoms with E-state index in [9.17, 15) is 9.18 Å². The molecule has 2 fully saturated rings. The fraction of sp³-hybridized carbons (Fsp3) is 0.524. The Labute approximate surface area is 184 Å². The summed E-state index contributed by atoms with van der Waals surface area (Å²) in [6.45, 7) is 1.69. The van der Waals surface area contributed by atoms with Gasteiger partial charge in [0.05, 0.1) is 28.5 Å². The highest BCUT2D eigenvalue weighted by Gasteiger charge is 2.47. The summed E-state index contributed by atoms with van der Waals surface area (Å²) < 4.78 is 15.5. The lowest BCUT2D eigenvalue weighted by atomic mass is 9.74. The van der Waals surface area contributed by atoms with E-state index in [1.807, 2.05) is 0 Å². The maximum absolute atomic E-state index is 13.9. The molecule has 2 atom stereocenters. The van der Waals surface area contributed by atoms with Gasteiger partial charge in [-0.3, -0.25) is 14.4 Å². The predicted octanol–water partition coefficient (Wildman–Crippen LogP) is 1.81. The van der Waals surface area contributed by atoms with Crippen molar-refractivity contribution in [3.63, 3.8) is 0 Å². The number of alkyl halides is 1. The van der Waals surface area contributed by atoms with Crippen molar-refractivity contribution in [2.45, 2.75) is 44.4 Å². The minimum atomic E-state index is -0.811. The van der Waals surface area contributed by atoms with E-state index in [1.165, 1.54) is 0 Å². The number of anilines is 2. The first kappa shape index (κ1) is 20.4. The Morgan fingerprint density at radius 2 is 2.06 bits per heavy atom. The Morgan fingerprint density at radius 3 is 2.74 bits per heavy atom. The Bertz CT molecular complexity index is 1140. The fourth-order valence-corrected chi connectivity index (χ4v) is 5.49. The van der Waals surface area contributed by atoms with Gasteiger partial charge >= 0.3 is 0 Å². The number of aromatic nitrogens is 3. The summed E-state index contributed by atoms with van der Waals surface area (Å²) in [6.07, 6.45) is 3.31. The molecular weight excluding hydrogens is 421 g/mol. The van der Waals surface area contributed by atoms with E-state index in [2.05, 4.69) is 14.9 Å². The number of aliphatic imine (C=N–C) groups is 1. The van der Waals surface area contributed by atoms with Crippen molar-refractivity contribution in [3.8, 4) is 0 Å². The van der Waals surface area contributed by atoms with Gasteiger partial charge in [-0.05, 0) is 37.2 Å². The highest BCUT2D eigenvalue weighted by molar-refractivity contribution is 6.37. The van der Waals surface area contributed by atoms with Crippen LogP contribution in [0.1, 0.15) is 42.5 Å². The Hall–Kier alpha value is -2.52. The van der Waals surface area contributed by atoms with Gasteiger partial charge in [0, 0.05) is 37.9 Å². The molecule has 2 aromatic rings. The molecule has 3 aliphatic rings. The molecule has 0 amide bonds. The number of fused-ring (bicyclic) bond motifs is 1. The number of nitrogens with zero attached hydrogens (tertiary/aromatic N) is 5. The van der Waals surface area contributed by atoms with Gasteiger partial charge in [0.25, 0.3) is 5.56 Å². The van der Waals surface area contributed by atoms with Gasteiger partial charge in [0.15, 0.2) is 0 Å². The van der Waals surface area contributed by atoms with Crippen LogP contribution in [0.25, 0.3) is 0 Å². The van der Waals surface area contributed by atoms with Crippen molar-refractivity contribution in [1.29, 1.82) is 0 Å². The topological polar surface area (TPSA) is 115 Å². The Kier molecular flexibility index (Phi) is 4.78. The van der Waals surface area contributed by atoms with Crippen molar-refractivity contribution in [2.75, 3.05) is 23.7 Å². The van der Waals surface area contributed by atoms with Crippen LogP contribution in [0, 0.1) is 5.41 Å². The van der Waals surface area contributed by atoms with Gasteiger partial charge in [-0.15, -0.1) is 0 Å². The summed E-state index contributed by atoms with van der Waals surface area (Å²) in [7, 11) is 1.71. The molecule has 0 aromatic carbocycles.